The van der Waals surface area contributed by atoms with Gasteiger partial charge in [0, 0.05) is 25.4 Å². The Kier molecular flexibility index (Phi) is 4.90. The Hall–Kier alpha value is -0.980. The van der Waals surface area contributed by atoms with Gasteiger partial charge in [-0.2, -0.15) is 0 Å². The minimum absolute atomic E-state index is 0.0732. The number of carbonyl (C=O) groups is 1. The van der Waals surface area contributed by atoms with Crippen LogP contribution < -0.4 is 11.1 Å². The van der Waals surface area contributed by atoms with E-state index in [2.05, 4.69) is 22.1 Å². The van der Waals surface area contributed by atoms with Gasteiger partial charge in [-0.15, -0.1) is 11.3 Å². The van der Waals surface area contributed by atoms with E-state index in [4.69, 9.17) is 5.73 Å². The van der Waals surface area contributed by atoms with Crippen LogP contribution in [0, 0.1) is 11.8 Å². The van der Waals surface area contributed by atoms with Crippen molar-refractivity contribution in [3.05, 3.63) is 11.1 Å². The van der Waals surface area contributed by atoms with Crippen molar-refractivity contribution in [1.29, 1.82) is 0 Å². The van der Waals surface area contributed by atoms with E-state index in [1.165, 1.54) is 24.7 Å². The molecule has 0 aliphatic carbocycles. The molecular formula is C13H22N4OS. The van der Waals surface area contributed by atoms with Gasteiger partial charge in [-0.3, -0.25) is 9.69 Å². The SMILES string of the molecule is CC(=O)Nc1nc(CN2CCC(C)C(CN)C2)cs1. The van der Waals surface area contributed by atoms with Gasteiger partial charge in [-0.25, -0.2) is 4.98 Å². The van der Waals surface area contributed by atoms with Crippen molar-refractivity contribution < 1.29 is 4.79 Å². The molecule has 1 aromatic heterocycles. The summed E-state index contributed by atoms with van der Waals surface area (Å²) in [4.78, 5) is 17.8. The van der Waals surface area contributed by atoms with E-state index in [9.17, 15) is 4.79 Å². The molecule has 2 unspecified atom stereocenters. The van der Waals surface area contributed by atoms with E-state index in [1.807, 2.05) is 5.38 Å². The zero-order valence-electron chi connectivity index (χ0n) is 11.6. The second-order valence-corrected chi connectivity index (χ2v) is 6.18. The van der Waals surface area contributed by atoms with Gasteiger partial charge in [0.2, 0.25) is 5.91 Å². The van der Waals surface area contributed by atoms with Crippen molar-refractivity contribution in [1.82, 2.24) is 9.88 Å². The molecule has 2 rings (SSSR count). The molecule has 2 atom stereocenters. The standard InChI is InChI=1S/C13H22N4OS/c1-9-3-4-17(6-11(9)5-14)7-12-8-19-13(16-12)15-10(2)18/h8-9,11H,3-7,14H2,1-2H3,(H,15,16,18). The molecule has 6 heteroatoms. The molecule has 2 heterocycles. The highest BCUT2D eigenvalue weighted by Crippen LogP contribution is 2.24. The lowest BCUT2D eigenvalue weighted by molar-refractivity contribution is -0.114. The first kappa shape index (κ1) is 14.4. The Bertz CT molecular complexity index is 434. The predicted molar refractivity (Wildman–Crippen MR) is 78.0 cm³/mol. The summed E-state index contributed by atoms with van der Waals surface area (Å²) in [5.74, 6) is 1.23. The highest BCUT2D eigenvalue weighted by molar-refractivity contribution is 7.13. The number of hydrogen-bond acceptors (Lipinski definition) is 5. The van der Waals surface area contributed by atoms with Crippen LogP contribution in [0.1, 0.15) is 26.0 Å². The fourth-order valence-corrected chi connectivity index (χ4v) is 3.24. The minimum Gasteiger partial charge on any atom is -0.330 e. The van der Waals surface area contributed by atoms with Crippen LogP contribution in [-0.2, 0) is 11.3 Å². The first-order chi connectivity index (χ1) is 9.08. The summed E-state index contributed by atoms with van der Waals surface area (Å²) < 4.78 is 0. The van der Waals surface area contributed by atoms with Gasteiger partial charge in [0.05, 0.1) is 5.69 Å². The lowest BCUT2D eigenvalue weighted by atomic mass is 9.87. The van der Waals surface area contributed by atoms with Crippen molar-refractivity contribution in [3.8, 4) is 0 Å². The second-order valence-electron chi connectivity index (χ2n) is 5.32. The Morgan fingerprint density at radius 3 is 3.16 bits per heavy atom. The van der Waals surface area contributed by atoms with Crippen LogP contribution in [0.5, 0.6) is 0 Å². The van der Waals surface area contributed by atoms with E-state index < -0.39 is 0 Å². The van der Waals surface area contributed by atoms with Crippen LogP contribution >= 0.6 is 11.3 Å². The normalized spacial score (nSPS) is 24.4. The van der Waals surface area contributed by atoms with Crippen LogP contribution in [-0.4, -0.2) is 35.4 Å². The van der Waals surface area contributed by atoms with E-state index >= 15 is 0 Å². The maximum atomic E-state index is 11.0. The minimum atomic E-state index is -0.0732. The van der Waals surface area contributed by atoms with Crippen molar-refractivity contribution in [2.45, 2.75) is 26.8 Å². The van der Waals surface area contributed by atoms with Crippen LogP contribution in [0.2, 0.25) is 0 Å². The number of piperidine rings is 1. The molecule has 19 heavy (non-hydrogen) atoms. The first-order valence-corrected chi connectivity index (χ1v) is 7.61. The maximum Gasteiger partial charge on any atom is 0.223 e. The number of nitrogens with zero attached hydrogens (tertiary/aromatic N) is 2. The quantitative estimate of drug-likeness (QED) is 0.878. The van der Waals surface area contributed by atoms with Gasteiger partial charge in [-0.05, 0) is 31.3 Å². The van der Waals surface area contributed by atoms with E-state index in [0.29, 0.717) is 17.0 Å². The third-order valence-corrected chi connectivity index (χ3v) is 4.53. The molecule has 1 aromatic rings. The Morgan fingerprint density at radius 2 is 2.47 bits per heavy atom. The first-order valence-electron chi connectivity index (χ1n) is 6.73. The summed E-state index contributed by atoms with van der Waals surface area (Å²) in [7, 11) is 0. The number of carbonyl (C=O) groups excluding carboxylic acids is 1. The van der Waals surface area contributed by atoms with Gasteiger partial charge in [0.15, 0.2) is 5.13 Å². The lowest BCUT2D eigenvalue weighted by Gasteiger charge is -2.36. The van der Waals surface area contributed by atoms with Crippen LogP contribution in [0.15, 0.2) is 5.38 Å². The summed E-state index contributed by atoms with van der Waals surface area (Å²) in [6.45, 7) is 7.53. The molecule has 0 radical (unpaired) electrons. The van der Waals surface area contributed by atoms with Gasteiger partial charge >= 0.3 is 0 Å². The average Bonchev–Trinajstić information content (AvgIpc) is 2.78. The molecule has 3 N–H and O–H groups in total. The molecule has 1 amide bonds. The van der Waals surface area contributed by atoms with Gasteiger partial charge in [-0.1, -0.05) is 6.92 Å². The summed E-state index contributed by atoms with van der Waals surface area (Å²) in [6, 6.07) is 0. The average molecular weight is 282 g/mol. The summed E-state index contributed by atoms with van der Waals surface area (Å²) >= 11 is 1.48. The van der Waals surface area contributed by atoms with Crippen LogP contribution in [0.3, 0.4) is 0 Å². The molecule has 1 fully saturated rings. The molecular weight excluding hydrogens is 260 g/mol. The van der Waals surface area contributed by atoms with E-state index in [1.54, 1.807) is 0 Å². The highest BCUT2D eigenvalue weighted by Gasteiger charge is 2.25. The number of nitrogens with one attached hydrogen (secondary N) is 1. The molecule has 0 aromatic carbocycles. The van der Waals surface area contributed by atoms with Crippen molar-refractivity contribution in [2.24, 2.45) is 17.6 Å². The molecule has 5 nitrogen and oxygen atoms in total. The number of hydrogen-bond donors (Lipinski definition) is 2. The summed E-state index contributed by atoms with van der Waals surface area (Å²) in [5, 5.41) is 5.42. The molecule has 0 bridgehead atoms. The topological polar surface area (TPSA) is 71.2 Å². The highest BCUT2D eigenvalue weighted by atomic mass is 32.1. The Labute approximate surface area is 118 Å². The molecule has 1 saturated heterocycles. The number of rotatable bonds is 4. The Balaban J connectivity index is 1.90. The second kappa shape index (κ2) is 6.45. The van der Waals surface area contributed by atoms with Gasteiger partial charge in [0.1, 0.15) is 0 Å². The number of nitrogens with two attached hydrogens (primary N) is 1. The zero-order valence-corrected chi connectivity index (χ0v) is 12.4. The van der Waals surface area contributed by atoms with Crippen molar-refractivity contribution in [3.63, 3.8) is 0 Å². The maximum absolute atomic E-state index is 11.0. The van der Waals surface area contributed by atoms with Crippen LogP contribution in [0.25, 0.3) is 0 Å². The number of likely N-dealkylation sites (tertiary alicyclic amines) is 1. The molecule has 106 valence electrons. The van der Waals surface area contributed by atoms with Gasteiger partial charge in [0.25, 0.3) is 0 Å². The number of anilines is 1. The smallest absolute Gasteiger partial charge is 0.223 e. The third-order valence-electron chi connectivity index (χ3n) is 3.72. The lowest BCUT2D eigenvalue weighted by Crippen LogP contribution is -2.42. The number of aromatic nitrogens is 1. The Morgan fingerprint density at radius 1 is 1.68 bits per heavy atom. The number of thiazole rings is 1. The fraction of sp³-hybridized carbons (Fsp3) is 0.692. The van der Waals surface area contributed by atoms with E-state index in [-0.39, 0.29) is 5.91 Å². The predicted octanol–water partition coefficient (Wildman–Crippen LogP) is 1.52. The third kappa shape index (κ3) is 3.99. The molecule has 1 aliphatic rings. The molecule has 1 aliphatic heterocycles. The number of amides is 1. The molecule has 0 saturated carbocycles. The van der Waals surface area contributed by atoms with Gasteiger partial charge < -0.3 is 11.1 Å². The monoisotopic (exact) mass is 282 g/mol. The van der Waals surface area contributed by atoms with Crippen molar-refractivity contribution in [2.75, 3.05) is 25.0 Å². The van der Waals surface area contributed by atoms with Crippen molar-refractivity contribution >= 4 is 22.4 Å². The largest absolute Gasteiger partial charge is 0.330 e. The zero-order chi connectivity index (χ0) is 13.8. The fourth-order valence-electron chi connectivity index (χ4n) is 2.49. The summed E-state index contributed by atoms with van der Waals surface area (Å²) in [5.41, 5.74) is 6.85. The van der Waals surface area contributed by atoms with Crippen LogP contribution in [0.4, 0.5) is 5.13 Å². The molecule has 0 spiro atoms. The van der Waals surface area contributed by atoms with E-state index in [0.717, 1.165) is 31.9 Å². The summed E-state index contributed by atoms with van der Waals surface area (Å²) in [6.07, 6.45) is 1.20.